The third-order valence-electron chi connectivity index (χ3n) is 6.80. The largest absolute Gasteiger partial charge is 0.497 e. The number of benzene rings is 2. The second-order valence-corrected chi connectivity index (χ2v) is 10.2. The van der Waals surface area contributed by atoms with E-state index in [9.17, 15) is 4.79 Å². The number of aromatic amines is 1. The summed E-state index contributed by atoms with van der Waals surface area (Å²) in [7, 11) is 1.67. The summed E-state index contributed by atoms with van der Waals surface area (Å²) in [5.41, 5.74) is 5.86. The van der Waals surface area contributed by atoms with Gasteiger partial charge in [0.25, 0.3) is 5.91 Å². The fourth-order valence-electron chi connectivity index (χ4n) is 4.95. The number of nitrogens with one attached hydrogen (secondary N) is 2. The van der Waals surface area contributed by atoms with Gasteiger partial charge < -0.3 is 19.5 Å². The van der Waals surface area contributed by atoms with E-state index in [1.54, 1.807) is 24.7 Å². The Balaban J connectivity index is 1.42. The van der Waals surface area contributed by atoms with E-state index in [1.807, 2.05) is 54.7 Å². The van der Waals surface area contributed by atoms with Crippen LogP contribution in [0.25, 0.3) is 22.2 Å². The van der Waals surface area contributed by atoms with Gasteiger partial charge in [0.2, 0.25) is 0 Å². The molecule has 0 saturated carbocycles. The van der Waals surface area contributed by atoms with Crippen molar-refractivity contribution in [1.82, 2.24) is 10.3 Å². The van der Waals surface area contributed by atoms with E-state index in [2.05, 4.69) is 22.4 Å². The van der Waals surface area contributed by atoms with Crippen LogP contribution in [0.15, 0.2) is 76.3 Å². The Morgan fingerprint density at radius 3 is 2.81 bits per heavy atom. The first-order valence-electron chi connectivity index (χ1n) is 12.5. The first-order valence-corrected chi connectivity index (χ1v) is 13.3. The lowest BCUT2D eigenvalue weighted by atomic mass is 9.95. The lowest BCUT2D eigenvalue weighted by Crippen LogP contribution is -2.23. The molecule has 1 aliphatic carbocycles. The predicted octanol–water partition coefficient (Wildman–Crippen LogP) is 7.06. The number of amides is 1. The first-order chi connectivity index (χ1) is 18.2. The van der Waals surface area contributed by atoms with Crippen LogP contribution in [0.5, 0.6) is 5.75 Å². The van der Waals surface area contributed by atoms with Crippen molar-refractivity contribution >= 4 is 39.4 Å². The lowest BCUT2D eigenvalue weighted by Gasteiger charge is -2.12. The van der Waals surface area contributed by atoms with E-state index in [0.717, 1.165) is 75.5 Å². The molecule has 0 bridgehead atoms. The smallest absolute Gasteiger partial charge is 0.255 e. The highest BCUT2D eigenvalue weighted by Crippen LogP contribution is 2.40. The Morgan fingerprint density at radius 1 is 1.14 bits per heavy atom. The normalized spacial score (nSPS) is 13.2. The Morgan fingerprint density at radius 2 is 2.00 bits per heavy atom. The van der Waals surface area contributed by atoms with E-state index in [0.29, 0.717) is 12.1 Å². The molecule has 2 aromatic carbocycles. The molecule has 0 unspecified atom stereocenters. The van der Waals surface area contributed by atoms with Crippen molar-refractivity contribution in [1.29, 1.82) is 0 Å². The molecule has 7 heteroatoms. The first kappa shape index (κ1) is 23.3. The molecule has 3 heterocycles. The van der Waals surface area contributed by atoms with Crippen molar-refractivity contribution in [3.05, 3.63) is 94.3 Å². The highest BCUT2D eigenvalue weighted by atomic mass is 32.1. The Hall–Kier alpha value is -4.10. The van der Waals surface area contributed by atoms with Gasteiger partial charge in [-0.3, -0.25) is 4.79 Å². The van der Waals surface area contributed by atoms with Gasteiger partial charge in [-0.05, 0) is 67.1 Å². The lowest BCUT2D eigenvalue weighted by molar-refractivity contribution is 0.0948. The Kier molecular flexibility index (Phi) is 6.37. The van der Waals surface area contributed by atoms with Crippen LogP contribution in [-0.4, -0.2) is 24.2 Å². The summed E-state index contributed by atoms with van der Waals surface area (Å²) in [4.78, 5) is 23.2. The number of fused-ring (bicyclic) bond motifs is 2. The van der Waals surface area contributed by atoms with E-state index in [4.69, 9.17) is 14.1 Å². The van der Waals surface area contributed by atoms with Crippen LogP contribution >= 0.6 is 11.3 Å². The van der Waals surface area contributed by atoms with Crippen LogP contribution in [-0.2, 0) is 19.4 Å². The minimum atomic E-state index is -0.105. The zero-order valence-electron chi connectivity index (χ0n) is 20.5. The van der Waals surface area contributed by atoms with Gasteiger partial charge in [0.15, 0.2) is 0 Å². The van der Waals surface area contributed by atoms with Gasteiger partial charge in [-0.15, -0.1) is 11.3 Å². The van der Waals surface area contributed by atoms with Crippen LogP contribution in [0.1, 0.15) is 45.0 Å². The van der Waals surface area contributed by atoms with Gasteiger partial charge in [-0.25, -0.2) is 4.99 Å². The maximum Gasteiger partial charge on any atom is 0.255 e. The quantitative estimate of drug-likeness (QED) is 0.231. The number of rotatable bonds is 7. The Bertz CT molecular complexity index is 1580. The molecule has 2 N–H and O–H groups in total. The van der Waals surface area contributed by atoms with E-state index in [1.165, 1.54) is 4.88 Å². The number of aromatic nitrogens is 1. The standard InChI is InChI=1S/C30H27N3O3S/c1-35-20-13-14-25-23(16-20)24(28(33-25)19-8-3-2-4-9-19)18-32-30-27(22-11-5-6-12-26(22)37-30)29(34)31-17-21-10-7-15-36-21/h2-4,7-10,13-16,18,33H,5-6,11-12,17H2,1H3,(H,31,34). The highest BCUT2D eigenvalue weighted by Gasteiger charge is 2.25. The number of methoxy groups -OCH3 is 1. The minimum absolute atomic E-state index is 0.105. The van der Waals surface area contributed by atoms with Crippen molar-refractivity contribution in [2.75, 3.05) is 7.11 Å². The number of thiophene rings is 1. The number of ether oxygens (including phenoxy) is 1. The molecule has 3 aromatic heterocycles. The second kappa shape index (κ2) is 10.1. The molecule has 0 spiro atoms. The zero-order valence-corrected chi connectivity index (χ0v) is 21.4. The number of aliphatic imine (C=N–C) groups is 1. The maximum absolute atomic E-state index is 13.4. The summed E-state index contributed by atoms with van der Waals surface area (Å²) >= 11 is 1.63. The molecule has 6 rings (SSSR count). The van der Waals surface area contributed by atoms with Crippen LogP contribution in [0.4, 0.5) is 5.00 Å². The summed E-state index contributed by atoms with van der Waals surface area (Å²) in [5, 5.41) is 4.80. The van der Waals surface area contributed by atoms with Gasteiger partial charge in [0.1, 0.15) is 16.5 Å². The SMILES string of the molecule is COc1ccc2[nH]c(-c3ccccc3)c(C=Nc3sc4c(c3C(=O)NCc3ccco3)CCCC4)c2c1. The predicted molar refractivity (Wildman–Crippen MR) is 148 cm³/mol. The number of aryl methyl sites for hydroxylation is 1. The molecular weight excluding hydrogens is 482 g/mol. The maximum atomic E-state index is 13.4. The van der Waals surface area contributed by atoms with Gasteiger partial charge in [-0.1, -0.05) is 30.3 Å². The van der Waals surface area contributed by atoms with Crippen molar-refractivity contribution in [3.8, 4) is 17.0 Å². The molecule has 0 fully saturated rings. The highest BCUT2D eigenvalue weighted by molar-refractivity contribution is 7.16. The monoisotopic (exact) mass is 509 g/mol. The number of carbonyl (C=O) groups is 1. The summed E-state index contributed by atoms with van der Waals surface area (Å²) < 4.78 is 10.9. The van der Waals surface area contributed by atoms with Crippen molar-refractivity contribution in [2.45, 2.75) is 32.2 Å². The second-order valence-electron chi connectivity index (χ2n) is 9.10. The molecule has 37 heavy (non-hydrogen) atoms. The molecule has 0 radical (unpaired) electrons. The van der Waals surface area contributed by atoms with Gasteiger partial charge in [0, 0.05) is 27.6 Å². The van der Waals surface area contributed by atoms with E-state index >= 15 is 0 Å². The van der Waals surface area contributed by atoms with Crippen LogP contribution in [0.2, 0.25) is 0 Å². The van der Waals surface area contributed by atoms with Crippen LogP contribution in [0, 0.1) is 0 Å². The number of carbonyl (C=O) groups excluding carboxylic acids is 1. The van der Waals surface area contributed by atoms with Gasteiger partial charge in [0.05, 0.1) is 31.2 Å². The summed E-state index contributed by atoms with van der Waals surface area (Å²) in [6.07, 6.45) is 7.64. The average molecular weight is 510 g/mol. The summed E-state index contributed by atoms with van der Waals surface area (Å²) in [5.74, 6) is 1.40. The van der Waals surface area contributed by atoms with Gasteiger partial charge in [-0.2, -0.15) is 0 Å². The molecular formula is C30H27N3O3S. The molecule has 0 saturated heterocycles. The molecule has 5 aromatic rings. The van der Waals surface area contributed by atoms with Gasteiger partial charge >= 0.3 is 0 Å². The average Bonchev–Trinajstić information content (AvgIpc) is 3.68. The fourth-order valence-corrected chi connectivity index (χ4v) is 6.18. The molecule has 0 atom stereocenters. The molecule has 1 aliphatic rings. The molecule has 1 amide bonds. The topological polar surface area (TPSA) is 79.6 Å². The Labute approximate surface area is 219 Å². The molecule has 0 aliphatic heterocycles. The van der Waals surface area contributed by atoms with Crippen molar-refractivity contribution in [2.24, 2.45) is 4.99 Å². The third-order valence-corrected chi connectivity index (χ3v) is 8.00. The third kappa shape index (κ3) is 4.58. The minimum Gasteiger partial charge on any atom is -0.497 e. The van der Waals surface area contributed by atoms with E-state index in [-0.39, 0.29) is 5.91 Å². The fraction of sp³-hybridized carbons (Fsp3) is 0.200. The summed E-state index contributed by atoms with van der Waals surface area (Å²) in [6.45, 7) is 0.347. The zero-order chi connectivity index (χ0) is 25.2. The van der Waals surface area contributed by atoms with Crippen LogP contribution in [0.3, 0.4) is 0 Å². The number of furan rings is 1. The number of hydrogen-bond donors (Lipinski definition) is 2. The number of hydrogen-bond acceptors (Lipinski definition) is 5. The number of nitrogens with zero attached hydrogens (tertiary/aromatic N) is 1. The number of H-pyrrole nitrogens is 1. The molecule has 6 nitrogen and oxygen atoms in total. The van der Waals surface area contributed by atoms with Crippen molar-refractivity contribution in [3.63, 3.8) is 0 Å². The van der Waals surface area contributed by atoms with Crippen LogP contribution < -0.4 is 10.1 Å². The molecule has 186 valence electrons. The summed E-state index contributed by atoms with van der Waals surface area (Å²) in [6, 6.07) is 19.9. The van der Waals surface area contributed by atoms with Crippen molar-refractivity contribution < 1.29 is 13.9 Å². The van der Waals surface area contributed by atoms with E-state index < -0.39 is 0 Å².